The first-order chi connectivity index (χ1) is 13.9. The lowest BCUT2D eigenvalue weighted by Crippen LogP contribution is -2.48. The highest BCUT2D eigenvalue weighted by molar-refractivity contribution is 5.97. The Morgan fingerprint density at radius 3 is 2.60 bits per heavy atom. The van der Waals surface area contributed by atoms with E-state index in [1.54, 1.807) is 4.57 Å². The Bertz CT molecular complexity index is 1040. The van der Waals surface area contributed by atoms with Crippen LogP contribution in [0.1, 0.15) is 49.0 Å². The molecule has 30 heavy (non-hydrogen) atoms. The van der Waals surface area contributed by atoms with Gasteiger partial charge in [-0.3, -0.25) is 4.79 Å². The quantitative estimate of drug-likeness (QED) is 0.742. The number of aromatic nitrogens is 1. The normalized spacial score (nSPS) is 21.4. The molecular formula is C21H27ClFN3O4. The number of methoxy groups -OCH3 is 1. The molecule has 3 N–H and O–H groups in total. The van der Waals surface area contributed by atoms with Gasteiger partial charge in [-0.15, -0.1) is 12.4 Å². The maximum atomic E-state index is 15.3. The van der Waals surface area contributed by atoms with Crippen LogP contribution in [-0.2, 0) is 0 Å². The predicted octanol–water partition coefficient (Wildman–Crippen LogP) is 3.17. The summed E-state index contributed by atoms with van der Waals surface area (Å²) in [7, 11) is 1.45. The summed E-state index contributed by atoms with van der Waals surface area (Å²) in [4.78, 5) is 26.2. The van der Waals surface area contributed by atoms with Gasteiger partial charge in [-0.05, 0) is 31.2 Å². The maximum Gasteiger partial charge on any atom is 0.341 e. The molecule has 9 heteroatoms. The number of ether oxygens (including phenoxy) is 1. The van der Waals surface area contributed by atoms with Crippen LogP contribution in [-0.4, -0.2) is 41.9 Å². The van der Waals surface area contributed by atoms with Crippen LogP contribution >= 0.6 is 12.4 Å². The van der Waals surface area contributed by atoms with Crippen molar-refractivity contribution in [2.75, 3.05) is 25.1 Å². The summed E-state index contributed by atoms with van der Waals surface area (Å²) in [6, 6.07) is 1.16. The van der Waals surface area contributed by atoms with Crippen LogP contribution < -0.4 is 20.8 Å². The number of nitrogens with zero attached hydrogens (tertiary/aromatic N) is 2. The van der Waals surface area contributed by atoms with Gasteiger partial charge < -0.3 is 25.0 Å². The molecule has 4 rings (SSSR count). The summed E-state index contributed by atoms with van der Waals surface area (Å²) < 4.78 is 22.7. The molecule has 1 aliphatic carbocycles. The number of hydrogen-bond donors (Lipinski definition) is 2. The zero-order chi connectivity index (χ0) is 20.9. The number of nitrogens with two attached hydrogens (primary N) is 1. The van der Waals surface area contributed by atoms with E-state index < -0.39 is 17.2 Å². The monoisotopic (exact) mass is 439 g/mol. The van der Waals surface area contributed by atoms with Crippen LogP contribution in [0.4, 0.5) is 10.1 Å². The van der Waals surface area contributed by atoms with E-state index in [9.17, 15) is 14.7 Å². The lowest BCUT2D eigenvalue weighted by Gasteiger charge is -2.38. The number of halogens is 2. The highest BCUT2D eigenvalue weighted by atomic mass is 35.5. The summed E-state index contributed by atoms with van der Waals surface area (Å²) in [5, 5.41) is 9.45. The third-order valence-corrected chi connectivity index (χ3v) is 6.22. The van der Waals surface area contributed by atoms with Crippen molar-refractivity contribution < 1.29 is 19.0 Å². The molecule has 164 valence electrons. The van der Waals surface area contributed by atoms with Gasteiger partial charge in [0.15, 0.2) is 11.6 Å². The van der Waals surface area contributed by atoms with Gasteiger partial charge in [-0.2, -0.15) is 0 Å². The third kappa shape index (κ3) is 3.63. The van der Waals surface area contributed by atoms with E-state index in [0.29, 0.717) is 30.2 Å². The number of carbonyl (C=O) groups is 1. The summed E-state index contributed by atoms with van der Waals surface area (Å²) in [5.41, 5.74) is 6.00. The first-order valence-corrected chi connectivity index (χ1v) is 10.1. The average Bonchev–Trinajstić information content (AvgIpc) is 3.52. The van der Waals surface area contributed by atoms with Crippen molar-refractivity contribution in [2.24, 2.45) is 11.7 Å². The molecule has 1 saturated heterocycles. The zero-order valence-corrected chi connectivity index (χ0v) is 17.9. The third-order valence-electron chi connectivity index (χ3n) is 6.22. The molecule has 1 aromatic heterocycles. The Morgan fingerprint density at radius 2 is 2.07 bits per heavy atom. The van der Waals surface area contributed by atoms with E-state index in [2.05, 4.69) is 6.92 Å². The standard InChI is InChI=1S/C21H26FN3O4.ClH/c1-3-11-6-7-24(10-16(11)23)18-15(22)8-13-17(20(18)29-2)25(12-4-5-12)9-14(19(13)26)21(27)28;/h8-9,11-12,16H,3-7,10,23H2,1-2H3,(H,27,28);1H. The fourth-order valence-electron chi connectivity index (χ4n) is 4.46. The van der Waals surface area contributed by atoms with Gasteiger partial charge in [0, 0.05) is 31.4 Å². The predicted molar refractivity (Wildman–Crippen MR) is 116 cm³/mol. The van der Waals surface area contributed by atoms with E-state index in [0.717, 1.165) is 31.7 Å². The molecule has 1 saturated carbocycles. The van der Waals surface area contributed by atoms with Crippen molar-refractivity contribution >= 4 is 35.0 Å². The Morgan fingerprint density at radius 1 is 1.37 bits per heavy atom. The first kappa shape index (κ1) is 22.4. The summed E-state index contributed by atoms with van der Waals surface area (Å²) in [5.74, 6) is -1.26. The number of carboxylic acids is 1. The topological polar surface area (TPSA) is 97.8 Å². The van der Waals surface area contributed by atoms with E-state index >= 15 is 4.39 Å². The SMILES string of the molecule is CCC1CCN(c2c(F)cc3c(=O)c(C(=O)O)cn(C4CC4)c3c2OC)CC1N.Cl. The zero-order valence-electron chi connectivity index (χ0n) is 17.1. The van der Waals surface area contributed by atoms with E-state index in [1.165, 1.54) is 13.3 Å². The van der Waals surface area contributed by atoms with Crippen LogP contribution in [0.25, 0.3) is 10.9 Å². The molecule has 0 radical (unpaired) electrons. The largest absolute Gasteiger partial charge is 0.492 e. The van der Waals surface area contributed by atoms with Gasteiger partial charge in [-0.1, -0.05) is 13.3 Å². The van der Waals surface area contributed by atoms with Crippen molar-refractivity contribution in [1.29, 1.82) is 0 Å². The molecule has 0 bridgehead atoms. The molecule has 7 nitrogen and oxygen atoms in total. The van der Waals surface area contributed by atoms with Crippen LogP contribution in [0, 0.1) is 11.7 Å². The first-order valence-electron chi connectivity index (χ1n) is 10.1. The molecular weight excluding hydrogens is 413 g/mol. The second-order valence-corrected chi connectivity index (χ2v) is 8.02. The summed E-state index contributed by atoms with van der Waals surface area (Å²) in [6.45, 7) is 3.25. The Kier molecular flexibility index (Phi) is 6.29. The molecule has 0 spiro atoms. The van der Waals surface area contributed by atoms with E-state index in [4.69, 9.17) is 10.5 Å². The molecule has 1 aliphatic heterocycles. The minimum Gasteiger partial charge on any atom is -0.492 e. The Labute approximate surface area is 180 Å². The number of carboxylic acid groups (broad SMARTS) is 1. The van der Waals surface area contributed by atoms with Crippen LogP contribution in [0.15, 0.2) is 17.1 Å². The van der Waals surface area contributed by atoms with Gasteiger partial charge in [0.2, 0.25) is 5.43 Å². The van der Waals surface area contributed by atoms with Crippen LogP contribution in [0.2, 0.25) is 0 Å². The number of fused-ring (bicyclic) bond motifs is 1. The number of rotatable bonds is 5. The molecule has 0 amide bonds. The smallest absolute Gasteiger partial charge is 0.341 e. The van der Waals surface area contributed by atoms with Gasteiger partial charge in [0.05, 0.1) is 18.0 Å². The molecule has 2 fully saturated rings. The van der Waals surface area contributed by atoms with Crippen molar-refractivity contribution in [1.82, 2.24) is 4.57 Å². The van der Waals surface area contributed by atoms with Crippen LogP contribution in [0.5, 0.6) is 5.75 Å². The fourth-order valence-corrected chi connectivity index (χ4v) is 4.46. The number of anilines is 1. The van der Waals surface area contributed by atoms with Crippen molar-refractivity contribution in [3.05, 3.63) is 33.9 Å². The number of aromatic carboxylic acids is 1. The Balaban J connectivity index is 0.00000256. The highest BCUT2D eigenvalue weighted by Gasteiger charge is 2.33. The number of benzene rings is 1. The minimum absolute atomic E-state index is 0. The molecule has 2 unspecified atom stereocenters. The molecule has 2 aromatic rings. The van der Waals surface area contributed by atoms with Crippen LogP contribution in [0.3, 0.4) is 0 Å². The van der Waals surface area contributed by atoms with Gasteiger partial charge >= 0.3 is 5.97 Å². The second-order valence-electron chi connectivity index (χ2n) is 8.02. The summed E-state index contributed by atoms with van der Waals surface area (Å²) in [6.07, 6.45) is 4.94. The lowest BCUT2D eigenvalue weighted by atomic mass is 9.89. The molecule has 2 heterocycles. The molecule has 2 atom stereocenters. The number of hydrogen-bond acceptors (Lipinski definition) is 5. The minimum atomic E-state index is -1.32. The maximum absolute atomic E-state index is 15.3. The highest BCUT2D eigenvalue weighted by Crippen LogP contribution is 2.44. The lowest BCUT2D eigenvalue weighted by molar-refractivity contribution is 0.0695. The summed E-state index contributed by atoms with van der Waals surface area (Å²) >= 11 is 0. The van der Waals surface area contributed by atoms with Gasteiger partial charge in [-0.25, -0.2) is 9.18 Å². The van der Waals surface area contributed by atoms with Crippen molar-refractivity contribution in [2.45, 2.75) is 44.7 Å². The van der Waals surface area contributed by atoms with Gasteiger partial charge in [0.1, 0.15) is 11.3 Å². The average molecular weight is 440 g/mol. The number of pyridine rings is 1. The second kappa shape index (κ2) is 8.43. The van der Waals surface area contributed by atoms with E-state index in [-0.39, 0.29) is 41.2 Å². The number of piperidine rings is 1. The molecule has 2 aliphatic rings. The van der Waals surface area contributed by atoms with E-state index in [1.807, 2.05) is 4.90 Å². The fraction of sp³-hybridized carbons (Fsp3) is 0.524. The van der Waals surface area contributed by atoms with Crippen molar-refractivity contribution in [3.63, 3.8) is 0 Å². The Hall–Kier alpha value is -2.32. The van der Waals surface area contributed by atoms with Gasteiger partial charge in [0.25, 0.3) is 0 Å². The molecule has 1 aromatic carbocycles. The van der Waals surface area contributed by atoms with Crippen molar-refractivity contribution in [3.8, 4) is 5.75 Å².